The largest absolute Gasteiger partial charge is 0.504 e. The average Bonchev–Trinajstić information content (AvgIpc) is 2.74. The molecular weight excluding hydrogens is 432 g/mol. The molecule has 32 heavy (non-hydrogen) atoms. The molecule has 1 heterocycles. The molecule has 5 rings (SSSR count). The fourth-order valence-corrected chi connectivity index (χ4v) is 4.98. The number of nitrogens with one attached hydrogen (secondary N) is 1. The van der Waals surface area contributed by atoms with Gasteiger partial charge in [0.2, 0.25) is 0 Å². The third kappa shape index (κ3) is 3.01. The van der Waals surface area contributed by atoms with Gasteiger partial charge in [-0.15, -0.1) is 0 Å². The maximum atomic E-state index is 12.9. The Hall–Kier alpha value is -3.85. The topological polar surface area (TPSA) is 124 Å². The molecule has 0 aromatic heterocycles. The predicted octanol–water partition coefficient (Wildman–Crippen LogP) is 2.88. The molecule has 0 amide bonds. The Balaban J connectivity index is 1.53. The second-order valence-corrected chi connectivity index (χ2v) is 9.37. The molecule has 0 unspecified atom stereocenters. The predicted molar refractivity (Wildman–Crippen MR) is 117 cm³/mol. The smallest absolute Gasteiger partial charge is 0.262 e. The van der Waals surface area contributed by atoms with Crippen molar-refractivity contribution < 1.29 is 28.2 Å². The van der Waals surface area contributed by atoms with Crippen LogP contribution in [0, 0.1) is 0 Å². The van der Waals surface area contributed by atoms with Crippen molar-refractivity contribution >= 4 is 33.0 Å². The van der Waals surface area contributed by atoms with E-state index in [1.54, 1.807) is 24.3 Å². The molecule has 9 heteroatoms. The zero-order chi connectivity index (χ0) is 22.6. The highest BCUT2D eigenvalue weighted by Gasteiger charge is 2.35. The lowest BCUT2D eigenvalue weighted by molar-refractivity contribution is 0.0976. The van der Waals surface area contributed by atoms with Crippen LogP contribution in [0.1, 0.15) is 38.3 Å². The van der Waals surface area contributed by atoms with Crippen LogP contribution >= 0.6 is 0 Å². The van der Waals surface area contributed by atoms with E-state index in [1.165, 1.54) is 24.3 Å². The second-order valence-electron chi connectivity index (χ2n) is 7.69. The molecule has 1 fully saturated rings. The van der Waals surface area contributed by atoms with Gasteiger partial charge in [-0.2, -0.15) is 0 Å². The summed E-state index contributed by atoms with van der Waals surface area (Å²) in [6, 6.07) is 13.5. The van der Waals surface area contributed by atoms with Crippen molar-refractivity contribution in [1.82, 2.24) is 0 Å². The number of nitrogens with zero attached hydrogens (tertiary/aromatic N) is 1. The molecule has 1 aliphatic carbocycles. The third-order valence-corrected chi connectivity index (χ3v) is 7.16. The third-order valence-electron chi connectivity index (χ3n) is 5.77. The van der Waals surface area contributed by atoms with Crippen LogP contribution in [0.3, 0.4) is 0 Å². The van der Waals surface area contributed by atoms with E-state index in [2.05, 4.69) is 9.62 Å². The summed E-state index contributed by atoms with van der Waals surface area (Å²) in [6.07, 6.45) is 1.09. The Morgan fingerprint density at radius 1 is 0.812 bits per heavy atom. The van der Waals surface area contributed by atoms with Gasteiger partial charge in [0.15, 0.2) is 23.1 Å². The number of hydrogen-bond donors (Lipinski definition) is 3. The highest BCUT2D eigenvalue weighted by Crippen LogP contribution is 2.43. The lowest BCUT2D eigenvalue weighted by Gasteiger charge is -2.33. The summed E-state index contributed by atoms with van der Waals surface area (Å²) in [4.78, 5) is 27.8. The van der Waals surface area contributed by atoms with E-state index < -0.39 is 38.8 Å². The summed E-state index contributed by atoms with van der Waals surface area (Å²) in [5, 5.41) is 20.9. The standard InChI is InChI=1S/C23H18N2O6S/c26-20-15-4-1-2-5-16(15)21(27)19-17(20)12-18(22(28)23(19)29)24-32(30,31)14-8-6-13(7-9-14)25-10-3-11-25/h1-2,4-9,12,24,28-29H,3,10-11H2. The second kappa shape index (κ2) is 7.10. The first-order valence-electron chi connectivity index (χ1n) is 9.93. The van der Waals surface area contributed by atoms with Gasteiger partial charge in [0, 0.05) is 35.5 Å². The van der Waals surface area contributed by atoms with E-state index in [0.29, 0.717) is 0 Å². The fraction of sp³-hybridized carbons (Fsp3) is 0.130. The molecule has 0 spiro atoms. The lowest BCUT2D eigenvalue weighted by Crippen LogP contribution is -2.36. The molecule has 8 nitrogen and oxygen atoms in total. The monoisotopic (exact) mass is 450 g/mol. The highest BCUT2D eigenvalue weighted by molar-refractivity contribution is 7.92. The van der Waals surface area contributed by atoms with Gasteiger partial charge in [0.05, 0.1) is 16.1 Å². The van der Waals surface area contributed by atoms with E-state index >= 15 is 0 Å². The number of ketones is 2. The van der Waals surface area contributed by atoms with Gasteiger partial charge in [-0.05, 0) is 36.8 Å². The number of carbonyl (C=O) groups excluding carboxylic acids is 2. The maximum Gasteiger partial charge on any atom is 0.262 e. The number of sulfonamides is 1. The molecule has 3 aromatic rings. The number of phenolic OH excluding ortho intramolecular Hbond substituents is 2. The first-order chi connectivity index (χ1) is 15.3. The number of phenols is 2. The Morgan fingerprint density at radius 3 is 2.03 bits per heavy atom. The first-order valence-corrected chi connectivity index (χ1v) is 11.4. The fourth-order valence-electron chi connectivity index (χ4n) is 3.92. The SMILES string of the molecule is O=C1c2ccccc2C(=O)c2c1cc(NS(=O)(=O)c1ccc(N3CCC3)cc1)c(O)c2O. The van der Waals surface area contributed by atoms with Crippen LogP contribution in [0.15, 0.2) is 59.5 Å². The summed E-state index contributed by atoms with van der Waals surface area (Å²) < 4.78 is 28.0. The highest BCUT2D eigenvalue weighted by atomic mass is 32.2. The molecule has 0 atom stereocenters. The Labute approximate surface area is 183 Å². The van der Waals surface area contributed by atoms with Crippen LogP contribution in [-0.2, 0) is 10.0 Å². The lowest BCUT2D eigenvalue weighted by atomic mass is 9.83. The van der Waals surface area contributed by atoms with E-state index in [4.69, 9.17) is 0 Å². The van der Waals surface area contributed by atoms with Crippen LogP contribution < -0.4 is 9.62 Å². The summed E-state index contributed by atoms with van der Waals surface area (Å²) in [7, 11) is -4.14. The minimum atomic E-state index is -4.14. The van der Waals surface area contributed by atoms with Crippen molar-refractivity contribution in [2.24, 2.45) is 0 Å². The molecule has 1 aliphatic heterocycles. The summed E-state index contributed by atoms with van der Waals surface area (Å²) in [5.41, 5.74) is 0.226. The zero-order valence-corrected chi connectivity index (χ0v) is 17.5. The molecule has 3 N–H and O–H groups in total. The number of benzene rings is 3. The Bertz CT molecular complexity index is 1390. The van der Waals surface area contributed by atoms with E-state index in [1.807, 2.05) is 0 Å². The average molecular weight is 450 g/mol. The van der Waals surface area contributed by atoms with Gasteiger partial charge in [0.25, 0.3) is 10.0 Å². The van der Waals surface area contributed by atoms with Crippen molar-refractivity contribution in [3.05, 3.63) is 76.9 Å². The molecule has 162 valence electrons. The van der Waals surface area contributed by atoms with Gasteiger partial charge in [-0.3, -0.25) is 14.3 Å². The zero-order valence-electron chi connectivity index (χ0n) is 16.7. The van der Waals surface area contributed by atoms with Gasteiger partial charge in [-0.1, -0.05) is 24.3 Å². The number of fused-ring (bicyclic) bond motifs is 2. The number of hydrogen-bond acceptors (Lipinski definition) is 7. The maximum absolute atomic E-state index is 12.9. The minimum Gasteiger partial charge on any atom is -0.504 e. The minimum absolute atomic E-state index is 0.0499. The number of aromatic hydroxyl groups is 2. The van der Waals surface area contributed by atoms with Crippen LogP contribution in [0.25, 0.3) is 0 Å². The quantitative estimate of drug-likeness (QED) is 0.409. The summed E-state index contributed by atoms with van der Waals surface area (Å²) >= 11 is 0. The van der Waals surface area contributed by atoms with Crippen molar-refractivity contribution in [3.63, 3.8) is 0 Å². The molecule has 0 radical (unpaired) electrons. The van der Waals surface area contributed by atoms with Crippen molar-refractivity contribution in [2.45, 2.75) is 11.3 Å². The first kappa shape index (κ1) is 20.1. The number of rotatable bonds is 4. The van der Waals surface area contributed by atoms with Crippen molar-refractivity contribution in [2.75, 3.05) is 22.7 Å². The summed E-state index contributed by atoms with van der Waals surface area (Å²) in [5.74, 6) is -2.85. The number of carbonyl (C=O) groups is 2. The Morgan fingerprint density at radius 2 is 1.44 bits per heavy atom. The van der Waals surface area contributed by atoms with Crippen LogP contribution in [0.2, 0.25) is 0 Å². The molecule has 1 saturated heterocycles. The van der Waals surface area contributed by atoms with Crippen molar-refractivity contribution in [3.8, 4) is 11.5 Å². The molecular formula is C23H18N2O6S. The Kier molecular flexibility index (Phi) is 4.45. The molecule has 0 bridgehead atoms. The van der Waals surface area contributed by atoms with E-state index in [9.17, 15) is 28.2 Å². The van der Waals surface area contributed by atoms with Gasteiger partial charge in [0.1, 0.15) is 0 Å². The van der Waals surface area contributed by atoms with Crippen molar-refractivity contribution in [1.29, 1.82) is 0 Å². The van der Waals surface area contributed by atoms with E-state index in [0.717, 1.165) is 31.3 Å². The molecule has 3 aromatic carbocycles. The van der Waals surface area contributed by atoms with E-state index in [-0.39, 0.29) is 27.1 Å². The number of anilines is 2. The van der Waals surface area contributed by atoms with Gasteiger partial charge < -0.3 is 15.1 Å². The molecule has 0 saturated carbocycles. The normalized spacial score (nSPS) is 15.1. The van der Waals surface area contributed by atoms with Gasteiger partial charge in [-0.25, -0.2) is 8.42 Å². The van der Waals surface area contributed by atoms with Crippen LogP contribution in [0.5, 0.6) is 11.5 Å². The van der Waals surface area contributed by atoms with Crippen LogP contribution in [-0.4, -0.2) is 43.3 Å². The summed E-state index contributed by atoms with van der Waals surface area (Å²) in [6.45, 7) is 1.84. The van der Waals surface area contributed by atoms with Gasteiger partial charge >= 0.3 is 0 Å². The molecule has 2 aliphatic rings. The van der Waals surface area contributed by atoms with Crippen LogP contribution in [0.4, 0.5) is 11.4 Å².